The van der Waals surface area contributed by atoms with E-state index in [0.29, 0.717) is 18.3 Å². The van der Waals surface area contributed by atoms with Gasteiger partial charge in [0.2, 0.25) is 5.91 Å². The number of hydrogen-bond acceptors (Lipinski definition) is 2. The van der Waals surface area contributed by atoms with Gasteiger partial charge in [-0.05, 0) is 33.1 Å². The van der Waals surface area contributed by atoms with Crippen molar-refractivity contribution in [3.05, 3.63) is 0 Å². The molecule has 0 spiro atoms. The third kappa shape index (κ3) is 10.0. The fourth-order valence-corrected chi connectivity index (χ4v) is 1.28. The van der Waals surface area contributed by atoms with Crippen molar-refractivity contribution in [2.24, 2.45) is 5.92 Å². The van der Waals surface area contributed by atoms with Crippen LogP contribution in [-0.2, 0) is 9.53 Å². The smallest absolute Gasteiger partial charge is 0.246 e. The van der Waals surface area contributed by atoms with Gasteiger partial charge in [0.1, 0.15) is 6.61 Å². The van der Waals surface area contributed by atoms with Crippen molar-refractivity contribution in [3.63, 3.8) is 0 Å². The van der Waals surface area contributed by atoms with Crippen LogP contribution in [0.15, 0.2) is 0 Å². The van der Waals surface area contributed by atoms with Crippen molar-refractivity contribution in [1.29, 1.82) is 0 Å². The van der Waals surface area contributed by atoms with Gasteiger partial charge >= 0.3 is 0 Å². The Morgan fingerprint density at radius 3 is 2.53 bits per heavy atom. The first-order valence-electron chi connectivity index (χ1n) is 5.32. The lowest BCUT2D eigenvalue weighted by Gasteiger charge is -2.19. The maximum absolute atomic E-state index is 11.3. The number of alkyl halides is 1. The van der Waals surface area contributed by atoms with E-state index in [2.05, 4.69) is 12.2 Å². The van der Waals surface area contributed by atoms with Crippen LogP contribution in [-0.4, -0.2) is 30.5 Å². The van der Waals surface area contributed by atoms with Crippen LogP contribution in [0.2, 0.25) is 0 Å². The molecule has 3 nitrogen and oxygen atoms in total. The van der Waals surface area contributed by atoms with Crippen LogP contribution in [0.4, 0.5) is 0 Å². The van der Waals surface area contributed by atoms with E-state index in [1.165, 1.54) is 0 Å². The third-order valence-electron chi connectivity index (χ3n) is 1.89. The standard InChI is InChI=1S/C11H22ClNO2/c1-9(5-6-12)7-13-10(14)8-15-11(2,3)4/h9H,5-8H2,1-4H3,(H,13,14). The topological polar surface area (TPSA) is 38.3 Å². The molecule has 0 aromatic heterocycles. The molecule has 90 valence electrons. The number of nitrogens with one attached hydrogen (secondary N) is 1. The van der Waals surface area contributed by atoms with Gasteiger partial charge in [0.05, 0.1) is 5.60 Å². The molecular formula is C11H22ClNO2. The Balaban J connectivity index is 3.58. The van der Waals surface area contributed by atoms with Crippen LogP contribution in [0.5, 0.6) is 0 Å². The predicted octanol–water partition coefficient (Wildman–Crippen LogP) is 2.18. The highest BCUT2D eigenvalue weighted by atomic mass is 35.5. The zero-order chi connectivity index (χ0) is 11.9. The van der Waals surface area contributed by atoms with Crippen molar-refractivity contribution in [1.82, 2.24) is 5.32 Å². The van der Waals surface area contributed by atoms with Gasteiger partial charge in [-0.2, -0.15) is 0 Å². The lowest BCUT2D eigenvalue weighted by molar-refractivity contribution is -0.130. The van der Waals surface area contributed by atoms with Crippen molar-refractivity contribution < 1.29 is 9.53 Å². The Morgan fingerprint density at radius 2 is 2.07 bits per heavy atom. The molecule has 1 atom stereocenters. The summed E-state index contributed by atoms with van der Waals surface area (Å²) in [5.41, 5.74) is -0.265. The molecule has 0 aliphatic carbocycles. The zero-order valence-corrected chi connectivity index (χ0v) is 10.9. The second-order valence-corrected chi connectivity index (χ2v) is 5.17. The summed E-state index contributed by atoms with van der Waals surface area (Å²) in [6, 6.07) is 0. The molecule has 1 amide bonds. The molecule has 1 unspecified atom stereocenters. The molecule has 0 aromatic rings. The summed E-state index contributed by atoms with van der Waals surface area (Å²) < 4.78 is 5.35. The van der Waals surface area contributed by atoms with E-state index >= 15 is 0 Å². The lowest BCUT2D eigenvalue weighted by atomic mass is 10.1. The van der Waals surface area contributed by atoms with Gasteiger partial charge in [-0.15, -0.1) is 11.6 Å². The number of hydrogen-bond donors (Lipinski definition) is 1. The van der Waals surface area contributed by atoms with E-state index in [1.54, 1.807) is 0 Å². The van der Waals surface area contributed by atoms with Crippen molar-refractivity contribution in [3.8, 4) is 0 Å². The molecule has 0 rings (SSSR count). The number of rotatable bonds is 6. The Labute approximate surface area is 97.5 Å². The van der Waals surface area contributed by atoms with E-state index < -0.39 is 0 Å². The van der Waals surface area contributed by atoms with Gasteiger partial charge < -0.3 is 10.1 Å². The van der Waals surface area contributed by atoms with Crippen LogP contribution in [0, 0.1) is 5.92 Å². The Morgan fingerprint density at radius 1 is 1.47 bits per heavy atom. The molecule has 15 heavy (non-hydrogen) atoms. The summed E-state index contributed by atoms with van der Waals surface area (Å²) >= 11 is 5.60. The average Bonchev–Trinajstić information content (AvgIpc) is 2.11. The maximum atomic E-state index is 11.3. The van der Waals surface area contributed by atoms with Gasteiger partial charge in [-0.25, -0.2) is 0 Å². The Hall–Kier alpha value is -0.280. The summed E-state index contributed by atoms with van der Waals surface area (Å²) in [7, 11) is 0. The molecule has 1 N–H and O–H groups in total. The lowest BCUT2D eigenvalue weighted by Crippen LogP contribution is -2.34. The highest BCUT2D eigenvalue weighted by Crippen LogP contribution is 2.06. The van der Waals surface area contributed by atoms with E-state index in [4.69, 9.17) is 16.3 Å². The summed E-state index contributed by atoms with van der Waals surface area (Å²) in [5, 5.41) is 2.82. The number of halogens is 1. The number of carbonyl (C=O) groups excluding carboxylic acids is 1. The second-order valence-electron chi connectivity index (χ2n) is 4.79. The second kappa shape index (κ2) is 7.07. The minimum absolute atomic E-state index is 0.0636. The molecule has 0 fully saturated rings. The van der Waals surface area contributed by atoms with E-state index in [1.807, 2.05) is 20.8 Å². The Kier molecular flexibility index (Phi) is 6.94. The fraction of sp³-hybridized carbons (Fsp3) is 0.909. The number of carbonyl (C=O) groups is 1. The Bertz CT molecular complexity index is 190. The first-order valence-corrected chi connectivity index (χ1v) is 5.85. The average molecular weight is 236 g/mol. The molecule has 0 aromatic carbocycles. The van der Waals surface area contributed by atoms with Gasteiger partial charge in [0, 0.05) is 12.4 Å². The molecule has 0 radical (unpaired) electrons. The van der Waals surface area contributed by atoms with Crippen LogP contribution in [0.3, 0.4) is 0 Å². The van der Waals surface area contributed by atoms with Crippen LogP contribution < -0.4 is 5.32 Å². The fourth-order valence-electron chi connectivity index (χ4n) is 0.909. The minimum Gasteiger partial charge on any atom is -0.366 e. The van der Waals surface area contributed by atoms with E-state index in [-0.39, 0.29) is 18.1 Å². The largest absolute Gasteiger partial charge is 0.366 e. The van der Waals surface area contributed by atoms with E-state index in [9.17, 15) is 4.79 Å². The summed E-state index contributed by atoms with van der Waals surface area (Å²) in [6.45, 7) is 8.63. The van der Waals surface area contributed by atoms with Gasteiger partial charge in [-0.3, -0.25) is 4.79 Å². The molecule has 0 bridgehead atoms. The highest BCUT2D eigenvalue weighted by Gasteiger charge is 2.13. The monoisotopic (exact) mass is 235 g/mol. The van der Waals surface area contributed by atoms with Gasteiger partial charge in [0.15, 0.2) is 0 Å². The minimum atomic E-state index is -0.265. The molecule has 0 saturated heterocycles. The van der Waals surface area contributed by atoms with Crippen molar-refractivity contribution in [2.75, 3.05) is 19.0 Å². The quantitative estimate of drug-likeness (QED) is 0.717. The molecule has 0 saturated carbocycles. The maximum Gasteiger partial charge on any atom is 0.246 e. The van der Waals surface area contributed by atoms with Crippen LogP contribution >= 0.6 is 11.6 Å². The van der Waals surface area contributed by atoms with Gasteiger partial charge in [0.25, 0.3) is 0 Å². The van der Waals surface area contributed by atoms with Gasteiger partial charge in [-0.1, -0.05) is 6.92 Å². The summed E-state index contributed by atoms with van der Waals surface area (Å²) in [5.74, 6) is 0.989. The highest BCUT2D eigenvalue weighted by molar-refractivity contribution is 6.17. The summed E-state index contributed by atoms with van der Waals surface area (Å²) in [4.78, 5) is 11.3. The number of amides is 1. The molecule has 0 aliphatic heterocycles. The first-order chi connectivity index (χ1) is 6.85. The SMILES string of the molecule is CC(CCCl)CNC(=O)COC(C)(C)C. The number of ether oxygens (including phenoxy) is 1. The zero-order valence-electron chi connectivity index (χ0n) is 10.1. The van der Waals surface area contributed by atoms with Crippen LogP contribution in [0.25, 0.3) is 0 Å². The van der Waals surface area contributed by atoms with Crippen LogP contribution in [0.1, 0.15) is 34.1 Å². The molecule has 4 heteroatoms. The third-order valence-corrected chi connectivity index (χ3v) is 2.10. The first kappa shape index (κ1) is 14.7. The molecular weight excluding hydrogens is 214 g/mol. The summed E-state index contributed by atoms with van der Waals surface area (Å²) in [6.07, 6.45) is 0.919. The van der Waals surface area contributed by atoms with Crippen molar-refractivity contribution in [2.45, 2.75) is 39.7 Å². The predicted molar refractivity (Wildman–Crippen MR) is 63.2 cm³/mol. The molecule has 0 heterocycles. The van der Waals surface area contributed by atoms with Crippen molar-refractivity contribution >= 4 is 17.5 Å². The molecule has 0 aliphatic rings. The normalized spacial score (nSPS) is 13.7. The van der Waals surface area contributed by atoms with E-state index in [0.717, 1.165) is 6.42 Å².